The second kappa shape index (κ2) is 6.74. The minimum atomic E-state index is -1.28. The minimum absolute atomic E-state index is 0.0260. The van der Waals surface area contributed by atoms with Gasteiger partial charge in [0.15, 0.2) is 6.29 Å². The smallest absolute Gasteiger partial charge is 0.338 e. The third-order valence-electron chi connectivity index (χ3n) is 3.40. The van der Waals surface area contributed by atoms with Crippen LogP contribution >= 0.6 is 0 Å². The van der Waals surface area contributed by atoms with Gasteiger partial charge in [0.1, 0.15) is 0 Å². The molecule has 0 aliphatic carbocycles. The first-order valence-corrected chi connectivity index (χ1v) is 6.67. The Hall–Kier alpha value is -3.48. The zero-order valence-electron chi connectivity index (χ0n) is 12.5. The monoisotopic (exact) mass is 328 g/mol. The van der Waals surface area contributed by atoms with Gasteiger partial charge in [-0.15, -0.1) is 0 Å². The van der Waals surface area contributed by atoms with Gasteiger partial charge in [0.05, 0.1) is 23.8 Å². The van der Waals surface area contributed by atoms with Gasteiger partial charge in [0.25, 0.3) is 0 Å². The first-order valence-electron chi connectivity index (χ1n) is 6.67. The largest absolute Gasteiger partial charge is 0.478 e. The quantitative estimate of drug-likeness (QED) is 0.639. The van der Waals surface area contributed by atoms with Crippen LogP contribution in [0.3, 0.4) is 0 Å². The van der Waals surface area contributed by atoms with E-state index in [0.717, 1.165) is 7.11 Å². The molecule has 7 heteroatoms. The predicted molar refractivity (Wildman–Crippen MR) is 82.5 cm³/mol. The molecule has 7 nitrogen and oxygen atoms in total. The van der Waals surface area contributed by atoms with E-state index in [1.807, 2.05) is 0 Å². The molecule has 0 unspecified atom stereocenters. The zero-order chi connectivity index (χ0) is 17.9. The lowest BCUT2D eigenvalue weighted by Crippen LogP contribution is -2.10. The molecule has 0 saturated carbocycles. The Kier molecular flexibility index (Phi) is 4.74. The molecule has 24 heavy (non-hydrogen) atoms. The van der Waals surface area contributed by atoms with Gasteiger partial charge >= 0.3 is 17.9 Å². The number of rotatable bonds is 5. The first-order chi connectivity index (χ1) is 11.4. The summed E-state index contributed by atoms with van der Waals surface area (Å²) >= 11 is 0. The molecule has 2 aromatic rings. The summed E-state index contributed by atoms with van der Waals surface area (Å²) in [4.78, 5) is 45.1. The highest BCUT2D eigenvalue weighted by molar-refractivity contribution is 6.04. The number of carbonyl (C=O) groups is 4. The van der Waals surface area contributed by atoms with Crippen molar-refractivity contribution in [3.63, 3.8) is 0 Å². The number of methoxy groups -OCH3 is 1. The van der Waals surface area contributed by atoms with Crippen molar-refractivity contribution in [2.75, 3.05) is 7.11 Å². The fourth-order valence-corrected chi connectivity index (χ4v) is 2.22. The van der Waals surface area contributed by atoms with Crippen LogP contribution in [-0.2, 0) is 4.74 Å². The number of esters is 1. The molecule has 0 radical (unpaired) electrons. The van der Waals surface area contributed by atoms with Crippen molar-refractivity contribution in [1.29, 1.82) is 0 Å². The van der Waals surface area contributed by atoms with Gasteiger partial charge in [0, 0.05) is 5.56 Å². The van der Waals surface area contributed by atoms with Gasteiger partial charge in [-0.1, -0.05) is 12.1 Å². The average Bonchev–Trinajstić information content (AvgIpc) is 2.59. The van der Waals surface area contributed by atoms with Gasteiger partial charge in [-0.25, -0.2) is 14.4 Å². The number of benzene rings is 2. The van der Waals surface area contributed by atoms with Crippen molar-refractivity contribution in [2.45, 2.75) is 0 Å². The number of carbonyl (C=O) groups excluding carboxylic acids is 2. The molecule has 2 rings (SSSR count). The van der Waals surface area contributed by atoms with E-state index < -0.39 is 17.9 Å². The normalized spacial score (nSPS) is 10.0. The van der Waals surface area contributed by atoms with Gasteiger partial charge in [-0.3, -0.25) is 4.79 Å². The lowest BCUT2D eigenvalue weighted by Gasteiger charge is -2.09. The third-order valence-corrected chi connectivity index (χ3v) is 3.40. The Morgan fingerprint density at radius 2 is 1.42 bits per heavy atom. The van der Waals surface area contributed by atoms with E-state index in [1.54, 1.807) is 0 Å². The van der Waals surface area contributed by atoms with Crippen LogP contribution in [0.2, 0.25) is 0 Å². The molecule has 0 saturated heterocycles. The van der Waals surface area contributed by atoms with Gasteiger partial charge < -0.3 is 14.9 Å². The number of carboxylic acid groups (broad SMARTS) is 2. The minimum Gasteiger partial charge on any atom is -0.478 e. The summed E-state index contributed by atoms with van der Waals surface area (Å²) in [5.41, 5.74) is 0.372. The summed E-state index contributed by atoms with van der Waals surface area (Å²) in [6.45, 7) is 0. The van der Waals surface area contributed by atoms with Crippen LogP contribution in [0.4, 0.5) is 0 Å². The summed E-state index contributed by atoms with van der Waals surface area (Å²) in [6.07, 6.45) is 0.416. The van der Waals surface area contributed by atoms with Crippen LogP contribution in [-0.4, -0.2) is 41.5 Å². The van der Waals surface area contributed by atoms with Crippen LogP contribution in [0.5, 0.6) is 0 Å². The number of carboxylic acids is 2. The highest BCUT2D eigenvalue weighted by atomic mass is 16.5. The fourth-order valence-electron chi connectivity index (χ4n) is 2.22. The molecule has 0 amide bonds. The van der Waals surface area contributed by atoms with E-state index in [-0.39, 0.29) is 22.3 Å². The van der Waals surface area contributed by atoms with E-state index >= 15 is 0 Å². The van der Waals surface area contributed by atoms with Crippen LogP contribution < -0.4 is 0 Å². The van der Waals surface area contributed by atoms with E-state index in [4.69, 9.17) is 10.2 Å². The van der Waals surface area contributed by atoms with E-state index in [9.17, 15) is 19.2 Å². The maximum atomic E-state index is 11.8. The zero-order valence-corrected chi connectivity index (χ0v) is 12.5. The molecular formula is C17H12O7. The first kappa shape index (κ1) is 16.9. The second-order valence-electron chi connectivity index (χ2n) is 4.78. The highest BCUT2D eigenvalue weighted by Gasteiger charge is 2.19. The van der Waals surface area contributed by atoms with Gasteiger partial charge in [-0.05, 0) is 35.4 Å². The summed E-state index contributed by atoms with van der Waals surface area (Å²) in [6, 6.07) is 8.11. The lowest BCUT2D eigenvalue weighted by molar-refractivity contribution is 0.0582. The molecule has 0 fully saturated rings. The molecule has 0 aliphatic rings. The maximum absolute atomic E-state index is 11.8. The average molecular weight is 328 g/mol. The Labute approximate surface area is 136 Å². The standard InChI is InChI=1S/C17H12O7/c1-24-17(23)14-7-10(3-5-13(14)16(21)22)9-2-4-12(15(19)20)11(6-9)8-18/h2-8H,1H3,(H,19,20)(H,21,22). The molecule has 0 aromatic heterocycles. The Morgan fingerprint density at radius 3 is 1.92 bits per heavy atom. The summed E-state index contributed by atoms with van der Waals surface area (Å²) in [7, 11) is 1.13. The summed E-state index contributed by atoms with van der Waals surface area (Å²) < 4.78 is 4.58. The van der Waals surface area contributed by atoms with Crippen molar-refractivity contribution < 1.29 is 34.1 Å². The Balaban J connectivity index is 2.61. The van der Waals surface area contributed by atoms with Crippen molar-refractivity contribution in [3.05, 3.63) is 58.7 Å². The molecule has 0 aliphatic heterocycles. The predicted octanol–water partition coefficient (Wildman–Crippen LogP) is 2.35. The third kappa shape index (κ3) is 3.14. The lowest BCUT2D eigenvalue weighted by atomic mass is 9.96. The summed E-state index contributed by atoms with van der Waals surface area (Å²) in [5.74, 6) is -3.33. The number of hydrogen-bond donors (Lipinski definition) is 2. The molecule has 0 heterocycles. The fraction of sp³-hybridized carbons (Fsp3) is 0.0588. The Bertz CT molecular complexity index is 852. The van der Waals surface area contributed by atoms with Crippen molar-refractivity contribution >= 4 is 24.2 Å². The molecule has 2 N–H and O–H groups in total. The van der Waals surface area contributed by atoms with Crippen LogP contribution in [0.15, 0.2) is 36.4 Å². The number of ether oxygens (including phenoxy) is 1. The van der Waals surface area contributed by atoms with E-state index in [1.165, 1.54) is 36.4 Å². The van der Waals surface area contributed by atoms with Crippen LogP contribution in [0, 0.1) is 0 Å². The number of aromatic carboxylic acids is 2. The molecule has 2 aromatic carbocycles. The molecular weight excluding hydrogens is 316 g/mol. The SMILES string of the molecule is COC(=O)c1cc(-c2ccc(C(=O)O)c(C=O)c2)ccc1C(=O)O. The molecule has 122 valence electrons. The van der Waals surface area contributed by atoms with Crippen LogP contribution in [0.25, 0.3) is 11.1 Å². The van der Waals surface area contributed by atoms with Gasteiger partial charge in [-0.2, -0.15) is 0 Å². The molecule has 0 bridgehead atoms. The van der Waals surface area contributed by atoms with Crippen LogP contribution in [0.1, 0.15) is 41.4 Å². The number of aldehydes is 1. The number of hydrogen-bond acceptors (Lipinski definition) is 5. The van der Waals surface area contributed by atoms with Crippen molar-refractivity contribution in [2.24, 2.45) is 0 Å². The molecule has 0 atom stereocenters. The highest BCUT2D eigenvalue weighted by Crippen LogP contribution is 2.25. The summed E-state index contributed by atoms with van der Waals surface area (Å²) in [5, 5.41) is 18.2. The molecule has 0 spiro atoms. The van der Waals surface area contributed by atoms with E-state index in [0.29, 0.717) is 17.4 Å². The second-order valence-corrected chi connectivity index (χ2v) is 4.78. The van der Waals surface area contributed by atoms with Gasteiger partial charge in [0.2, 0.25) is 0 Å². The Morgan fingerprint density at radius 1 is 0.875 bits per heavy atom. The van der Waals surface area contributed by atoms with Crippen molar-refractivity contribution in [3.8, 4) is 11.1 Å². The van der Waals surface area contributed by atoms with Crippen molar-refractivity contribution in [1.82, 2.24) is 0 Å². The van der Waals surface area contributed by atoms with E-state index in [2.05, 4.69) is 4.74 Å². The topological polar surface area (TPSA) is 118 Å². The maximum Gasteiger partial charge on any atom is 0.338 e.